The predicted octanol–water partition coefficient (Wildman–Crippen LogP) is 3.31. The third kappa shape index (κ3) is 3.27. The summed E-state index contributed by atoms with van der Waals surface area (Å²) in [6.45, 7) is 0.345. The molecular formula is C23H21N3O2. The molecule has 3 aromatic rings. The highest BCUT2D eigenvalue weighted by Gasteiger charge is 2.42. The van der Waals surface area contributed by atoms with Crippen LogP contribution in [0.4, 0.5) is 0 Å². The van der Waals surface area contributed by atoms with E-state index in [0.29, 0.717) is 12.1 Å². The van der Waals surface area contributed by atoms with E-state index in [-0.39, 0.29) is 17.9 Å². The zero-order chi connectivity index (χ0) is 19.5. The number of nitrogens with zero attached hydrogens (tertiary/aromatic N) is 2. The number of fused-ring (bicyclic) bond motifs is 1. The van der Waals surface area contributed by atoms with Gasteiger partial charge >= 0.3 is 0 Å². The van der Waals surface area contributed by atoms with Gasteiger partial charge in [-0.3, -0.25) is 14.6 Å². The summed E-state index contributed by atoms with van der Waals surface area (Å²) in [5, 5.41) is 3.01. The van der Waals surface area contributed by atoms with Gasteiger partial charge in [-0.2, -0.15) is 0 Å². The molecule has 1 aliphatic heterocycles. The van der Waals surface area contributed by atoms with Crippen LogP contribution < -0.4 is 5.32 Å². The number of hydrogen-bond acceptors (Lipinski definition) is 3. The van der Waals surface area contributed by atoms with Crippen LogP contribution in [0.5, 0.6) is 0 Å². The average molecular weight is 371 g/mol. The highest BCUT2D eigenvalue weighted by atomic mass is 16.2. The van der Waals surface area contributed by atoms with Crippen molar-refractivity contribution in [2.75, 3.05) is 7.05 Å². The molecular weight excluding hydrogens is 350 g/mol. The number of carbonyl (C=O) groups excluding carboxylic acids is 2. The van der Waals surface area contributed by atoms with Gasteiger partial charge in [-0.25, -0.2) is 0 Å². The lowest BCUT2D eigenvalue weighted by Crippen LogP contribution is -2.45. The maximum atomic E-state index is 13.3. The third-order valence-electron chi connectivity index (χ3n) is 5.17. The molecule has 1 N–H and O–H groups in total. The molecule has 5 nitrogen and oxygen atoms in total. The molecule has 2 amide bonds. The smallest absolute Gasteiger partial charge is 0.254 e. The summed E-state index contributed by atoms with van der Waals surface area (Å²) in [5.41, 5.74) is 3.07. The number of carbonyl (C=O) groups is 2. The second kappa shape index (κ2) is 7.64. The van der Waals surface area contributed by atoms with Crippen LogP contribution in [0.2, 0.25) is 0 Å². The molecule has 0 unspecified atom stereocenters. The molecule has 0 bridgehead atoms. The van der Waals surface area contributed by atoms with Crippen LogP contribution in [0.1, 0.15) is 39.1 Å². The summed E-state index contributed by atoms with van der Waals surface area (Å²) in [6.07, 6.45) is 1.70. The first kappa shape index (κ1) is 17.9. The molecule has 1 aliphatic rings. The summed E-state index contributed by atoms with van der Waals surface area (Å²) in [6, 6.07) is 22.3. The molecule has 0 saturated heterocycles. The zero-order valence-corrected chi connectivity index (χ0v) is 15.6. The molecule has 5 heteroatoms. The van der Waals surface area contributed by atoms with Crippen LogP contribution in [-0.4, -0.2) is 28.7 Å². The molecule has 2 heterocycles. The number of aromatic nitrogens is 1. The second-order valence-corrected chi connectivity index (χ2v) is 6.88. The SMILES string of the molecule is CN1C(=O)c2ccccc2[C@H](C(=O)NCc2ccccn2)[C@@H]1c1ccccc1. The van der Waals surface area contributed by atoms with Gasteiger partial charge in [-0.15, -0.1) is 0 Å². The maximum absolute atomic E-state index is 13.3. The van der Waals surface area contributed by atoms with Crippen LogP contribution >= 0.6 is 0 Å². The lowest BCUT2D eigenvalue weighted by Gasteiger charge is -2.39. The minimum absolute atomic E-state index is 0.0711. The van der Waals surface area contributed by atoms with Crippen molar-refractivity contribution < 1.29 is 9.59 Å². The van der Waals surface area contributed by atoms with Gasteiger partial charge in [-0.1, -0.05) is 54.6 Å². The Kier molecular flexibility index (Phi) is 4.89. The van der Waals surface area contributed by atoms with Crippen molar-refractivity contribution in [2.45, 2.75) is 18.5 Å². The van der Waals surface area contributed by atoms with Gasteiger partial charge in [0.1, 0.15) is 0 Å². The second-order valence-electron chi connectivity index (χ2n) is 6.88. The molecule has 2 atom stereocenters. The number of likely N-dealkylation sites (N-methyl/N-ethyl adjacent to an activating group) is 1. The Labute approximate surface area is 164 Å². The van der Waals surface area contributed by atoms with Crippen LogP contribution in [0, 0.1) is 0 Å². The monoisotopic (exact) mass is 371 g/mol. The molecule has 4 rings (SSSR count). The van der Waals surface area contributed by atoms with E-state index in [1.165, 1.54) is 0 Å². The van der Waals surface area contributed by atoms with Crippen molar-refractivity contribution in [1.29, 1.82) is 0 Å². The summed E-state index contributed by atoms with van der Waals surface area (Å²) in [4.78, 5) is 32.2. The number of amides is 2. The van der Waals surface area contributed by atoms with E-state index < -0.39 is 5.92 Å². The lowest BCUT2D eigenvalue weighted by molar-refractivity contribution is -0.124. The van der Waals surface area contributed by atoms with E-state index >= 15 is 0 Å². The first-order valence-electron chi connectivity index (χ1n) is 9.25. The first-order valence-corrected chi connectivity index (χ1v) is 9.25. The largest absolute Gasteiger partial charge is 0.350 e. The van der Waals surface area contributed by atoms with Crippen molar-refractivity contribution in [3.63, 3.8) is 0 Å². The van der Waals surface area contributed by atoms with Crippen molar-refractivity contribution in [2.24, 2.45) is 0 Å². The molecule has 0 aliphatic carbocycles. The number of rotatable bonds is 4. The van der Waals surface area contributed by atoms with Gasteiger partial charge in [0.25, 0.3) is 5.91 Å². The van der Waals surface area contributed by atoms with Gasteiger partial charge in [-0.05, 0) is 29.3 Å². The number of nitrogens with one attached hydrogen (secondary N) is 1. The van der Waals surface area contributed by atoms with Gasteiger partial charge in [0.2, 0.25) is 5.91 Å². The van der Waals surface area contributed by atoms with Crippen molar-refractivity contribution >= 4 is 11.8 Å². The molecule has 0 spiro atoms. The topological polar surface area (TPSA) is 62.3 Å². The third-order valence-corrected chi connectivity index (χ3v) is 5.17. The van der Waals surface area contributed by atoms with Crippen LogP contribution in [0.15, 0.2) is 79.0 Å². The van der Waals surface area contributed by atoms with E-state index in [1.54, 1.807) is 24.2 Å². The van der Waals surface area contributed by atoms with Gasteiger partial charge in [0.15, 0.2) is 0 Å². The summed E-state index contributed by atoms with van der Waals surface area (Å²) in [7, 11) is 1.76. The highest BCUT2D eigenvalue weighted by Crippen LogP contribution is 2.41. The van der Waals surface area contributed by atoms with E-state index in [4.69, 9.17) is 0 Å². The Bertz CT molecular complexity index is 989. The first-order chi connectivity index (χ1) is 13.7. The standard InChI is InChI=1S/C23H21N3O2/c1-26-21(16-9-3-2-4-10-16)20(18-12-5-6-13-19(18)23(26)28)22(27)25-15-17-11-7-8-14-24-17/h2-14,20-21H,15H2,1H3,(H,25,27)/t20-,21-/m0/s1. The molecule has 2 aromatic carbocycles. The Morgan fingerprint density at radius 3 is 2.46 bits per heavy atom. The zero-order valence-electron chi connectivity index (χ0n) is 15.6. The van der Waals surface area contributed by atoms with Crippen LogP contribution in [-0.2, 0) is 11.3 Å². The summed E-state index contributed by atoms with van der Waals surface area (Å²) >= 11 is 0. The fraction of sp³-hybridized carbons (Fsp3) is 0.174. The summed E-state index contributed by atoms with van der Waals surface area (Å²) in [5.74, 6) is -0.686. The quantitative estimate of drug-likeness (QED) is 0.765. The number of pyridine rings is 1. The number of benzene rings is 2. The Morgan fingerprint density at radius 2 is 1.71 bits per heavy atom. The van der Waals surface area contributed by atoms with E-state index in [2.05, 4.69) is 10.3 Å². The minimum atomic E-state index is -0.495. The van der Waals surface area contributed by atoms with E-state index in [9.17, 15) is 9.59 Å². The predicted molar refractivity (Wildman–Crippen MR) is 107 cm³/mol. The highest BCUT2D eigenvalue weighted by molar-refractivity contribution is 6.01. The molecule has 28 heavy (non-hydrogen) atoms. The Morgan fingerprint density at radius 1 is 1.00 bits per heavy atom. The van der Waals surface area contributed by atoms with Crippen LogP contribution in [0.3, 0.4) is 0 Å². The number of hydrogen-bond donors (Lipinski definition) is 1. The molecule has 0 fully saturated rings. The molecule has 140 valence electrons. The Hall–Kier alpha value is -3.47. The fourth-order valence-corrected chi connectivity index (χ4v) is 3.81. The maximum Gasteiger partial charge on any atom is 0.254 e. The normalized spacial score (nSPS) is 18.5. The van der Waals surface area contributed by atoms with Gasteiger partial charge < -0.3 is 10.2 Å². The average Bonchev–Trinajstić information content (AvgIpc) is 2.75. The molecule has 0 saturated carbocycles. The summed E-state index contributed by atoms with van der Waals surface area (Å²) < 4.78 is 0. The van der Waals surface area contributed by atoms with Crippen molar-refractivity contribution in [3.05, 3.63) is 101 Å². The van der Waals surface area contributed by atoms with Crippen molar-refractivity contribution in [3.8, 4) is 0 Å². The minimum Gasteiger partial charge on any atom is -0.350 e. The van der Waals surface area contributed by atoms with Crippen molar-refractivity contribution in [1.82, 2.24) is 15.2 Å². The molecule has 0 radical (unpaired) electrons. The van der Waals surface area contributed by atoms with Gasteiger partial charge in [0, 0.05) is 18.8 Å². The fourth-order valence-electron chi connectivity index (χ4n) is 3.81. The Balaban J connectivity index is 1.72. The van der Waals surface area contributed by atoms with E-state index in [1.807, 2.05) is 66.7 Å². The van der Waals surface area contributed by atoms with Gasteiger partial charge in [0.05, 0.1) is 24.2 Å². The molecule has 1 aromatic heterocycles. The lowest BCUT2D eigenvalue weighted by atomic mass is 9.79. The van der Waals surface area contributed by atoms with E-state index in [0.717, 1.165) is 16.8 Å². The van der Waals surface area contributed by atoms with Crippen LogP contribution in [0.25, 0.3) is 0 Å².